The topological polar surface area (TPSA) is 97.7 Å². The third kappa shape index (κ3) is 5.88. The summed E-state index contributed by atoms with van der Waals surface area (Å²) in [5.74, 6) is -0.191. The summed E-state index contributed by atoms with van der Waals surface area (Å²) in [7, 11) is 0. The standard InChI is InChI=1S/C27H19Cl3N2O6S/c28-17-6-8-20(19(30)10-17)37-21-9-7-18(29)11-22(21)36-13-16-14-39-26-23(31-12-15-4-2-1-3-5-15)25(33)32(26)24(16)27(34)38-35/h1-12,23,26,35H,13-14H2/t23-,26+/m1/s1. The van der Waals surface area contributed by atoms with Crippen LogP contribution in [0.1, 0.15) is 5.56 Å². The smallest absolute Gasteiger partial charge is 0.389 e. The molecule has 0 aliphatic carbocycles. The quantitative estimate of drug-likeness (QED) is 0.136. The Hall–Kier alpha value is -3.21. The van der Waals surface area contributed by atoms with Gasteiger partial charge in [0.05, 0.1) is 5.02 Å². The second-order valence-corrected chi connectivity index (χ2v) is 10.8. The van der Waals surface area contributed by atoms with Crippen LogP contribution in [0.15, 0.2) is 83.0 Å². The Morgan fingerprint density at radius 3 is 2.46 bits per heavy atom. The molecular weight excluding hydrogens is 587 g/mol. The highest BCUT2D eigenvalue weighted by atomic mass is 35.5. The van der Waals surface area contributed by atoms with Crippen LogP contribution in [0, 0.1) is 0 Å². The Bertz CT molecular complexity index is 1480. The molecule has 0 bridgehead atoms. The summed E-state index contributed by atoms with van der Waals surface area (Å²) in [5, 5.41) is 9.87. The summed E-state index contributed by atoms with van der Waals surface area (Å²) in [5.41, 5.74) is 1.20. The van der Waals surface area contributed by atoms with E-state index >= 15 is 0 Å². The zero-order valence-electron chi connectivity index (χ0n) is 19.9. The largest absolute Gasteiger partial charge is 0.485 e. The lowest BCUT2D eigenvalue weighted by Crippen LogP contribution is -2.64. The number of rotatable bonds is 8. The second-order valence-electron chi connectivity index (χ2n) is 8.43. The molecule has 200 valence electrons. The van der Waals surface area contributed by atoms with Crippen LogP contribution in [-0.2, 0) is 14.5 Å². The molecule has 3 aromatic carbocycles. The number of thioether (sulfide) groups is 1. The minimum Gasteiger partial charge on any atom is -0.485 e. The number of amides is 1. The van der Waals surface area contributed by atoms with Crippen molar-refractivity contribution in [2.45, 2.75) is 11.4 Å². The number of hydrogen-bond acceptors (Lipinski definition) is 8. The maximum atomic E-state index is 13.0. The van der Waals surface area contributed by atoms with Gasteiger partial charge in [-0.1, -0.05) is 65.1 Å². The van der Waals surface area contributed by atoms with Crippen molar-refractivity contribution in [3.8, 4) is 17.2 Å². The molecule has 1 fully saturated rings. The molecule has 8 nitrogen and oxygen atoms in total. The number of aliphatic imine (C=N–C) groups is 1. The van der Waals surface area contributed by atoms with Gasteiger partial charge in [0.25, 0.3) is 5.91 Å². The molecule has 0 unspecified atom stereocenters. The van der Waals surface area contributed by atoms with Gasteiger partial charge in [-0.2, -0.15) is 5.26 Å². The second kappa shape index (κ2) is 11.9. The third-order valence-corrected chi connectivity index (χ3v) is 7.99. The van der Waals surface area contributed by atoms with Gasteiger partial charge in [0.2, 0.25) is 0 Å². The molecule has 39 heavy (non-hydrogen) atoms. The molecule has 0 aromatic heterocycles. The molecule has 0 saturated carbocycles. The summed E-state index contributed by atoms with van der Waals surface area (Å²) in [6, 6.07) is 18.3. The van der Waals surface area contributed by atoms with E-state index in [1.54, 1.807) is 42.6 Å². The van der Waals surface area contributed by atoms with Crippen LogP contribution in [0.3, 0.4) is 0 Å². The van der Waals surface area contributed by atoms with Gasteiger partial charge in [0.15, 0.2) is 17.5 Å². The lowest BCUT2D eigenvalue weighted by atomic mass is 10.0. The molecule has 1 amide bonds. The predicted molar refractivity (Wildman–Crippen MR) is 150 cm³/mol. The van der Waals surface area contributed by atoms with E-state index in [1.165, 1.54) is 16.7 Å². The fourth-order valence-corrected chi connectivity index (χ4v) is 5.96. The molecular formula is C27H19Cl3N2O6S. The summed E-state index contributed by atoms with van der Waals surface area (Å²) in [6.45, 7) is -0.114. The molecule has 5 rings (SSSR count). The maximum absolute atomic E-state index is 13.0. The molecule has 12 heteroatoms. The average Bonchev–Trinajstić information content (AvgIpc) is 2.94. The molecule has 2 atom stereocenters. The summed E-state index contributed by atoms with van der Waals surface area (Å²) < 4.78 is 11.9. The number of halogens is 3. The number of carbonyl (C=O) groups excluding carboxylic acids is 2. The number of carbonyl (C=O) groups is 2. The zero-order chi connectivity index (χ0) is 27.5. The highest BCUT2D eigenvalue weighted by Gasteiger charge is 2.54. The van der Waals surface area contributed by atoms with Gasteiger partial charge in [-0.15, -0.1) is 11.8 Å². The van der Waals surface area contributed by atoms with Crippen molar-refractivity contribution in [3.63, 3.8) is 0 Å². The van der Waals surface area contributed by atoms with Gasteiger partial charge < -0.3 is 9.47 Å². The molecule has 2 heterocycles. The molecule has 0 radical (unpaired) electrons. The van der Waals surface area contributed by atoms with Gasteiger partial charge in [0.1, 0.15) is 23.4 Å². The van der Waals surface area contributed by atoms with Crippen molar-refractivity contribution >= 4 is 64.7 Å². The summed E-state index contributed by atoms with van der Waals surface area (Å²) >= 11 is 19.8. The number of ether oxygens (including phenoxy) is 2. The van der Waals surface area contributed by atoms with Crippen LogP contribution in [0.25, 0.3) is 0 Å². The normalized spacial score (nSPS) is 18.6. The molecule has 2 aliphatic heterocycles. The fourth-order valence-electron chi connectivity index (χ4n) is 4.04. The molecule has 2 aliphatic rings. The van der Waals surface area contributed by atoms with E-state index in [4.69, 9.17) is 49.5 Å². The van der Waals surface area contributed by atoms with E-state index in [9.17, 15) is 9.59 Å². The maximum Gasteiger partial charge on any atom is 0.389 e. The minimum absolute atomic E-state index is 0.0809. The van der Waals surface area contributed by atoms with E-state index in [-0.39, 0.29) is 24.0 Å². The van der Waals surface area contributed by atoms with Crippen molar-refractivity contribution in [1.82, 2.24) is 4.90 Å². The van der Waals surface area contributed by atoms with Gasteiger partial charge in [0, 0.05) is 33.7 Å². The Balaban J connectivity index is 1.36. The summed E-state index contributed by atoms with van der Waals surface area (Å²) in [6.07, 6.45) is 1.63. The third-order valence-electron chi connectivity index (χ3n) is 5.90. The average molecular weight is 606 g/mol. The molecule has 1 N–H and O–H groups in total. The van der Waals surface area contributed by atoms with E-state index in [1.807, 2.05) is 30.3 Å². The molecule has 1 saturated heterocycles. The molecule has 0 spiro atoms. The first kappa shape index (κ1) is 27.4. The van der Waals surface area contributed by atoms with E-state index < -0.39 is 17.4 Å². The lowest BCUT2D eigenvalue weighted by Gasteiger charge is -2.47. The number of fused-ring (bicyclic) bond motifs is 1. The van der Waals surface area contributed by atoms with Crippen molar-refractivity contribution < 1.29 is 29.2 Å². The van der Waals surface area contributed by atoms with Gasteiger partial charge in [-0.05, 0) is 35.9 Å². The first-order chi connectivity index (χ1) is 18.9. The SMILES string of the molecule is O=C(OO)C1=C(COc2cc(Cl)ccc2Oc2ccc(Cl)cc2Cl)CS[C@H]2[C@H](N=Cc3ccccc3)C(=O)N12. The Kier molecular flexibility index (Phi) is 8.34. The van der Waals surface area contributed by atoms with Crippen molar-refractivity contribution in [3.05, 3.63) is 98.6 Å². The van der Waals surface area contributed by atoms with Crippen LogP contribution < -0.4 is 9.47 Å². The fraction of sp³-hybridized carbons (Fsp3) is 0.148. The first-order valence-electron chi connectivity index (χ1n) is 11.5. The zero-order valence-corrected chi connectivity index (χ0v) is 23.0. The monoisotopic (exact) mass is 604 g/mol. The van der Waals surface area contributed by atoms with Gasteiger partial charge >= 0.3 is 5.97 Å². The highest BCUT2D eigenvalue weighted by molar-refractivity contribution is 8.00. The lowest BCUT2D eigenvalue weighted by molar-refractivity contribution is -0.231. The Morgan fingerprint density at radius 1 is 1.03 bits per heavy atom. The van der Waals surface area contributed by atoms with Crippen LogP contribution in [0.2, 0.25) is 15.1 Å². The van der Waals surface area contributed by atoms with E-state index in [0.717, 1.165) is 5.56 Å². The first-order valence-corrected chi connectivity index (χ1v) is 13.7. The Labute approximate surface area is 242 Å². The van der Waals surface area contributed by atoms with Crippen LogP contribution in [-0.4, -0.2) is 52.0 Å². The minimum atomic E-state index is -1.06. The van der Waals surface area contributed by atoms with Crippen LogP contribution >= 0.6 is 46.6 Å². The van der Waals surface area contributed by atoms with Gasteiger partial charge in [-0.3, -0.25) is 19.6 Å². The van der Waals surface area contributed by atoms with Crippen molar-refractivity contribution in [1.29, 1.82) is 0 Å². The number of β-lactam (4-membered cyclic amide) rings is 1. The van der Waals surface area contributed by atoms with Crippen LogP contribution in [0.5, 0.6) is 17.2 Å². The van der Waals surface area contributed by atoms with Crippen LogP contribution in [0.4, 0.5) is 0 Å². The van der Waals surface area contributed by atoms with Crippen molar-refractivity contribution in [2.75, 3.05) is 12.4 Å². The number of hydrogen-bond donors (Lipinski definition) is 1. The van der Waals surface area contributed by atoms with E-state index in [0.29, 0.717) is 37.9 Å². The predicted octanol–water partition coefficient (Wildman–Crippen LogP) is 6.49. The number of nitrogens with zero attached hydrogens (tertiary/aromatic N) is 2. The summed E-state index contributed by atoms with van der Waals surface area (Å²) in [4.78, 5) is 35.3. The Morgan fingerprint density at radius 2 is 1.74 bits per heavy atom. The van der Waals surface area contributed by atoms with Gasteiger partial charge in [-0.25, -0.2) is 4.79 Å². The van der Waals surface area contributed by atoms with Crippen molar-refractivity contribution in [2.24, 2.45) is 4.99 Å². The van der Waals surface area contributed by atoms with E-state index in [2.05, 4.69) is 9.88 Å². The molecule has 3 aromatic rings. The highest BCUT2D eigenvalue weighted by Crippen LogP contribution is 2.43. The number of benzene rings is 3.